The maximum atomic E-state index is 13.1. The van der Waals surface area contributed by atoms with Crippen LogP contribution in [0.4, 0.5) is 0 Å². The third-order valence-electron chi connectivity index (χ3n) is 4.43. The molecular formula is C21H24N2O5S. The normalized spacial score (nSPS) is 12.1. The molecule has 154 valence electrons. The van der Waals surface area contributed by atoms with E-state index in [4.69, 9.17) is 14.2 Å². The molecule has 1 unspecified atom stereocenters. The van der Waals surface area contributed by atoms with Gasteiger partial charge in [-0.05, 0) is 38.5 Å². The summed E-state index contributed by atoms with van der Waals surface area (Å²) in [6.07, 6.45) is 1.40. The Morgan fingerprint density at radius 1 is 1.17 bits per heavy atom. The third-order valence-corrected chi connectivity index (χ3v) is 5.32. The quantitative estimate of drug-likeness (QED) is 0.391. The number of ether oxygens (including phenoxy) is 3. The van der Waals surface area contributed by atoms with Crippen LogP contribution in [-0.2, 0) is 14.3 Å². The SMILES string of the molecule is CCOCCOC(=O)C(C)n1cnc2scc(-c3ccc(OCC)cc3)c2c1=O. The van der Waals surface area contributed by atoms with Crippen LogP contribution in [0, 0.1) is 0 Å². The van der Waals surface area contributed by atoms with Crippen LogP contribution < -0.4 is 10.3 Å². The number of hydrogen-bond acceptors (Lipinski definition) is 7. The van der Waals surface area contributed by atoms with Crippen LogP contribution in [0.15, 0.2) is 40.8 Å². The molecule has 2 heterocycles. The lowest BCUT2D eigenvalue weighted by molar-refractivity contribution is -0.148. The van der Waals surface area contributed by atoms with Crippen LogP contribution >= 0.6 is 11.3 Å². The lowest BCUT2D eigenvalue weighted by Gasteiger charge is -2.14. The molecule has 1 aromatic carbocycles. The highest BCUT2D eigenvalue weighted by Crippen LogP contribution is 2.31. The molecule has 0 aliphatic heterocycles. The highest BCUT2D eigenvalue weighted by molar-refractivity contribution is 7.17. The predicted octanol–water partition coefficient (Wildman–Crippen LogP) is 3.66. The van der Waals surface area contributed by atoms with Gasteiger partial charge in [0, 0.05) is 17.6 Å². The fraction of sp³-hybridized carbons (Fsp3) is 0.381. The number of benzene rings is 1. The Hall–Kier alpha value is -2.71. The molecule has 1 atom stereocenters. The van der Waals surface area contributed by atoms with Crippen molar-refractivity contribution in [3.63, 3.8) is 0 Å². The molecule has 8 heteroatoms. The zero-order valence-corrected chi connectivity index (χ0v) is 17.5. The van der Waals surface area contributed by atoms with Crippen LogP contribution in [0.3, 0.4) is 0 Å². The summed E-state index contributed by atoms with van der Waals surface area (Å²) < 4.78 is 17.2. The van der Waals surface area contributed by atoms with Gasteiger partial charge in [-0.15, -0.1) is 11.3 Å². The molecule has 0 saturated heterocycles. The molecule has 0 aliphatic carbocycles. The number of esters is 1. The summed E-state index contributed by atoms with van der Waals surface area (Å²) in [5, 5.41) is 2.40. The molecule has 7 nitrogen and oxygen atoms in total. The second-order valence-corrected chi connectivity index (χ2v) is 7.14. The van der Waals surface area contributed by atoms with E-state index in [1.165, 1.54) is 22.2 Å². The number of aromatic nitrogens is 2. The van der Waals surface area contributed by atoms with Gasteiger partial charge < -0.3 is 14.2 Å². The minimum Gasteiger partial charge on any atom is -0.494 e. The van der Waals surface area contributed by atoms with Crippen molar-refractivity contribution in [3.8, 4) is 16.9 Å². The average Bonchev–Trinajstić information content (AvgIpc) is 3.17. The highest BCUT2D eigenvalue weighted by Gasteiger charge is 2.21. The summed E-state index contributed by atoms with van der Waals surface area (Å²) in [5.41, 5.74) is 1.41. The van der Waals surface area contributed by atoms with Crippen molar-refractivity contribution in [2.75, 3.05) is 26.4 Å². The van der Waals surface area contributed by atoms with E-state index in [1.807, 2.05) is 43.5 Å². The van der Waals surface area contributed by atoms with Gasteiger partial charge in [0.05, 0.1) is 24.9 Å². The number of carbonyl (C=O) groups excluding carboxylic acids is 1. The zero-order valence-electron chi connectivity index (χ0n) is 16.7. The Balaban J connectivity index is 1.90. The second-order valence-electron chi connectivity index (χ2n) is 6.28. The molecule has 0 saturated carbocycles. The third kappa shape index (κ3) is 4.65. The van der Waals surface area contributed by atoms with E-state index in [0.29, 0.717) is 30.0 Å². The lowest BCUT2D eigenvalue weighted by atomic mass is 10.1. The molecule has 0 radical (unpaired) electrons. The fourth-order valence-electron chi connectivity index (χ4n) is 2.91. The van der Waals surface area contributed by atoms with E-state index in [-0.39, 0.29) is 12.2 Å². The number of thiophene rings is 1. The molecule has 0 amide bonds. The molecular weight excluding hydrogens is 392 g/mol. The maximum Gasteiger partial charge on any atom is 0.329 e. The summed E-state index contributed by atoms with van der Waals surface area (Å²) in [6.45, 7) is 7.05. The maximum absolute atomic E-state index is 13.1. The Labute approximate surface area is 172 Å². The van der Waals surface area contributed by atoms with E-state index >= 15 is 0 Å². The first-order chi connectivity index (χ1) is 14.1. The molecule has 0 bridgehead atoms. The molecule has 3 rings (SSSR count). The Morgan fingerprint density at radius 2 is 1.93 bits per heavy atom. The molecule has 0 fully saturated rings. The number of rotatable bonds is 9. The Morgan fingerprint density at radius 3 is 2.62 bits per heavy atom. The summed E-state index contributed by atoms with van der Waals surface area (Å²) in [5.74, 6) is 0.278. The van der Waals surface area contributed by atoms with Crippen molar-refractivity contribution in [2.45, 2.75) is 26.8 Å². The number of hydrogen-bond donors (Lipinski definition) is 0. The van der Waals surface area contributed by atoms with Crippen molar-refractivity contribution >= 4 is 27.5 Å². The topological polar surface area (TPSA) is 79.7 Å². The van der Waals surface area contributed by atoms with Gasteiger partial charge in [-0.25, -0.2) is 9.78 Å². The van der Waals surface area contributed by atoms with E-state index in [9.17, 15) is 9.59 Å². The van der Waals surface area contributed by atoms with Crippen LogP contribution in [0.25, 0.3) is 21.3 Å². The first-order valence-electron chi connectivity index (χ1n) is 9.52. The van der Waals surface area contributed by atoms with Crippen molar-refractivity contribution in [1.29, 1.82) is 0 Å². The molecule has 3 aromatic rings. The van der Waals surface area contributed by atoms with Gasteiger partial charge in [0.15, 0.2) is 0 Å². The van der Waals surface area contributed by atoms with Gasteiger partial charge in [-0.1, -0.05) is 12.1 Å². The van der Waals surface area contributed by atoms with E-state index in [1.54, 1.807) is 6.92 Å². The summed E-state index contributed by atoms with van der Waals surface area (Å²) in [7, 11) is 0. The molecule has 0 aliphatic rings. The van der Waals surface area contributed by atoms with Crippen molar-refractivity contribution < 1.29 is 19.0 Å². The van der Waals surface area contributed by atoms with Gasteiger partial charge in [0.1, 0.15) is 23.2 Å². The van der Waals surface area contributed by atoms with Crippen LogP contribution in [0.5, 0.6) is 5.75 Å². The highest BCUT2D eigenvalue weighted by atomic mass is 32.1. The second kappa shape index (κ2) is 9.67. The monoisotopic (exact) mass is 416 g/mol. The van der Waals surface area contributed by atoms with Gasteiger partial charge in [0.25, 0.3) is 5.56 Å². The summed E-state index contributed by atoms with van der Waals surface area (Å²) in [4.78, 5) is 30.5. The largest absolute Gasteiger partial charge is 0.494 e. The first kappa shape index (κ1) is 21.0. The predicted molar refractivity (Wildman–Crippen MR) is 113 cm³/mol. The molecule has 2 aromatic heterocycles. The minimum absolute atomic E-state index is 0.150. The standard InChI is InChI=1S/C21H24N2O5S/c1-4-26-10-11-28-21(25)14(3)23-13-22-19-18(20(23)24)17(12-29-19)15-6-8-16(9-7-15)27-5-2/h6-9,12-14H,4-5,10-11H2,1-3H3. The molecule has 0 spiro atoms. The van der Waals surface area contributed by atoms with Gasteiger partial charge >= 0.3 is 5.97 Å². The van der Waals surface area contributed by atoms with Crippen molar-refractivity contribution in [1.82, 2.24) is 9.55 Å². The summed E-state index contributed by atoms with van der Waals surface area (Å²) >= 11 is 1.40. The smallest absolute Gasteiger partial charge is 0.329 e. The van der Waals surface area contributed by atoms with Crippen molar-refractivity contribution in [2.24, 2.45) is 0 Å². The van der Waals surface area contributed by atoms with E-state index < -0.39 is 12.0 Å². The Bertz CT molecular complexity index is 1030. The van der Waals surface area contributed by atoms with E-state index in [0.717, 1.165) is 16.9 Å². The lowest BCUT2D eigenvalue weighted by Crippen LogP contribution is -2.30. The molecule has 29 heavy (non-hydrogen) atoms. The van der Waals surface area contributed by atoms with Crippen LogP contribution in [0.2, 0.25) is 0 Å². The van der Waals surface area contributed by atoms with Crippen LogP contribution in [-0.4, -0.2) is 41.9 Å². The number of fused-ring (bicyclic) bond motifs is 1. The number of nitrogens with zero attached hydrogens (tertiary/aromatic N) is 2. The van der Waals surface area contributed by atoms with Gasteiger partial charge in [0.2, 0.25) is 0 Å². The van der Waals surface area contributed by atoms with Gasteiger partial charge in [-0.2, -0.15) is 0 Å². The minimum atomic E-state index is -0.783. The van der Waals surface area contributed by atoms with Gasteiger partial charge in [-0.3, -0.25) is 9.36 Å². The van der Waals surface area contributed by atoms with Crippen molar-refractivity contribution in [3.05, 3.63) is 46.3 Å². The zero-order chi connectivity index (χ0) is 20.8. The van der Waals surface area contributed by atoms with E-state index in [2.05, 4.69) is 4.98 Å². The fourth-order valence-corrected chi connectivity index (χ4v) is 3.82. The van der Waals surface area contributed by atoms with Crippen LogP contribution in [0.1, 0.15) is 26.8 Å². The average molecular weight is 416 g/mol. The number of carbonyl (C=O) groups is 1. The molecule has 0 N–H and O–H groups in total. The summed E-state index contributed by atoms with van der Waals surface area (Å²) in [6, 6.07) is 6.78. The Kier molecular flexibility index (Phi) is 7.00. The first-order valence-corrected chi connectivity index (χ1v) is 10.4.